The van der Waals surface area contributed by atoms with Crippen molar-refractivity contribution >= 4 is 38.9 Å². The second-order valence-electron chi connectivity index (χ2n) is 4.43. The smallest absolute Gasteiger partial charge is 0.107 e. The van der Waals surface area contributed by atoms with Gasteiger partial charge in [0.25, 0.3) is 0 Å². The molecule has 0 radical (unpaired) electrons. The van der Waals surface area contributed by atoms with Gasteiger partial charge >= 0.3 is 0 Å². The molecule has 2 fully saturated rings. The highest BCUT2D eigenvalue weighted by Gasteiger charge is 2.40. The van der Waals surface area contributed by atoms with Crippen molar-refractivity contribution in [2.24, 2.45) is 0 Å². The molecule has 1 aromatic heterocycles. The van der Waals surface area contributed by atoms with E-state index in [4.69, 9.17) is 16.3 Å². The second kappa shape index (κ2) is 4.58. The number of hydrogen-bond acceptors (Lipinski definition) is 3. The molecule has 3 heterocycles. The highest BCUT2D eigenvalue weighted by atomic mass is 79.9. The van der Waals surface area contributed by atoms with E-state index in [-0.39, 0.29) is 0 Å². The fourth-order valence-corrected chi connectivity index (χ4v) is 4.30. The van der Waals surface area contributed by atoms with Crippen LogP contribution in [0.4, 0.5) is 0 Å². The van der Waals surface area contributed by atoms with Gasteiger partial charge in [0.1, 0.15) is 4.34 Å². The highest BCUT2D eigenvalue weighted by Crippen LogP contribution is 2.35. The Morgan fingerprint density at radius 2 is 2.44 bits per heavy atom. The third kappa shape index (κ3) is 2.18. The van der Waals surface area contributed by atoms with E-state index in [1.165, 1.54) is 24.1 Å². The predicted molar refractivity (Wildman–Crippen MR) is 70.2 cm³/mol. The Labute approximate surface area is 112 Å². The quantitative estimate of drug-likeness (QED) is 0.918. The summed E-state index contributed by atoms with van der Waals surface area (Å²) in [7, 11) is 0. The summed E-state index contributed by atoms with van der Waals surface area (Å²) in [6.45, 7) is 0.896. The van der Waals surface area contributed by atoms with E-state index in [1.807, 2.05) is 0 Å². The monoisotopic (exact) mass is 321 g/mol. The molecule has 1 N–H and O–H groups in total. The van der Waals surface area contributed by atoms with Gasteiger partial charge in [-0.15, -0.1) is 11.3 Å². The Balaban J connectivity index is 1.57. The molecule has 2 bridgehead atoms. The fraction of sp³-hybridized carbons (Fsp3) is 0.636. The number of fused-ring (bicyclic) bond motifs is 2. The molecule has 5 heteroatoms. The molecule has 1 aromatic rings. The Bertz CT molecular complexity index is 378. The van der Waals surface area contributed by atoms with Gasteiger partial charge in [-0.05, 0) is 41.3 Å². The van der Waals surface area contributed by atoms with Crippen LogP contribution in [0.5, 0.6) is 0 Å². The molecule has 2 aliphatic rings. The summed E-state index contributed by atoms with van der Waals surface area (Å²) >= 11 is 11.1. The molecule has 0 spiro atoms. The van der Waals surface area contributed by atoms with E-state index in [0.29, 0.717) is 18.2 Å². The molecule has 16 heavy (non-hydrogen) atoms. The van der Waals surface area contributed by atoms with Gasteiger partial charge in [0.2, 0.25) is 0 Å². The zero-order valence-electron chi connectivity index (χ0n) is 8.71. The molecule has 0 saturated carbocycles. The molecule has 3 unspecified atom stereocenters. The number of hydrogen-bond donors (Lipinski definition) is 1. The first-order chi connectivity index (χ1) is 7.72. The average molecular weight is 323 g/mol. The first-order valence-electron chi connectivity index (χ1n) is 5.55. The van der Waals surface area contributed by atoms with Crippen molar-refractivity contribution in [3.8, 4) is 0 Å². The predicted octanol–water partition coefficient (Wildman–Crippen LogP) is 3.57. The standard InChI is InChI=1S/C11H13BrClNOS/c12-8-4-7(16-11(8)13)5-14-9-3-6-1-2-10(9)15-6/h4,6,9-10,14H,1-3,5H2. The van der Waals surface area contributed by atoms with Gasteiger partial charge in [-0.2, -0.15) is 0 Å². The molecular formula is C11H13BrClNOS. The summed E-state index contributed by atoms with van der Waals surface area (Å²) in [4.78, 5) is 1.28. The molecular weight excluding hydrogens is 310 g/mol. The normalized spacial score (nSPS) is 32.5. The van der Waals surface area contributed by atoms with Crippen LogP contribution in [0.15, 0.2) is 10.5 Å². The number of halogens is 2. The van der Waals surface area contributed by atoms with Crippen LogP contribution in [0.2, 0.25) is 4.34 Å². The maximum Gasteiger partial charge on any atom is 0.107 e. The van der Waals surface area contributed by atoms with Crippen LogP contribution in [0.3, 0.4) is 0 Å². The van der Waals surface area contributed by atoms with E-state index in [9.17, 15) is 0 Å². The first-order valence-corrected chi connectivity index (χ1v) is 7.53. The number of nitrogens with one attached hydrogen (secondary N) is 1. The van der Waals surface area contributed by atoms with E-state index >= 15 is 0 Å². The molecule has 2 nitrogen and oxygen atoms in total. The lowest BCUT2D eigenvalue weighted by molar-refractivity contribution is 0.0973. The van der Waals surface area contributed by atoms with E-state index in [1.54, 1.807) is 11.3 Å². The summed E-state index contributed by atoms with van der Waals surface area (Å²) in [5.74, 6) is 0. The lowest BCUT2D eigenvalue weighted by atomic mass is 9.95. The molecule has 2 aliphatic heterocycles. The van der Waals surface area contributed by atoms with Gasteiger partial charge in [-0.1, -0.05) is 11.6 Å². The van der Waals surface area contributed by atoms with Gasteiger partial charge in [-0.25, -0.2) is 0 Å². The zero-order valence-corrected chi connectivity index (χ0v) is 11.9. The van der Waals surface area contributed by atoms with Crippen LogP contribution >= 0.6 is 38.9 Å². The summed E-state index contributed by atoms with van der Waals surface area (Å²) in [6, 6.07) is 2.63. The minimum absolute atomic E-state index is 0.448. The molecule has 0 amide bonds. The van der Waals surface area contributed by atoms with Gasteiger partial charge in [0.05, 0.1) is 12.2 Å². The number of thiophene rings is 1. The van der Waals surface area contributed by atoms with Crippen LogP contribution in [-0.4, -0.2) is 18.2 Å². The Morgan fingerprint density at radius 1 is 1.56 bits per heavy atom. The summed E-state index contributed by atoms with van der Waals surface area (Å²) in [6.07, 6.45) is 4.60. The van der Waals surface area contributed by atoms with E-state index in [2.05, 4.69) is 27.3 Å². The van der Waals surface area contributed by atoms with Crippen molar-refractivity contribution in [1.29, 1.82) is 0 Å². The van der Waals surface area contributed by atoms with Crippen molar-refractivity contribution in [2.45, 2.75) is 44.1 Å². The second-order valence-corrected chi connectivity index (χ2v) is 7.02. The van der Waals surface area contributed by atoms with Crippen LogP contribution in [0, 0.1) is 0 Å². The first kappa shape index (κ1) is 11.5. The average Bonchev–Trinajstić information content (AvgIpc) is 2.92. The topological polar surface area (TPSA) is 21.3 Å². The summed E-state index contributed by atoms with van der Waals surface area (Å²) in [5.41, 5.74) is 0. The Hall–Kier alpha value is 0.390. The van der Waals surface area contributed by atoms with Gasteiger partial charge < -0.3 is 10.1 Å². The molecule has 0 aliphatic carbocycles. The van der Waals surface area contributed by atoms with Gasteiger partial charge in [-0.3, -0.25) is 0 Å². The lowest BCUT2D eigenvalue weighted by Gasteiger charge is -2.19. The van der Waals surface area contributed by atoms with Crippen molar-refractivity contribution < 1.29 is 4.74 Å². The van der Waals surface area contributed by atoms with Crippen molar-refractivity contribution in [1.82, 2.24) is 5.32 Å². The van der Waals surface area contributed by atoms with Crippen molar-refractivity contribution in [3.05, 3.63) is 19.8 Å². The summed E-state index contributed by atoms with van der Waals surface area (Å²) in [5, 5.41) is 3.58. The Morgan fingerprint density at radius 3 is 3.00 bits per heavy atom. The van der Waals surface area contributed by atoms with Crippen LogP contribution in [0.1, 0.15) is 24.1 Å². The lowest BCUT2D eigenvalue weighted by Crippen LogP contribution is -2.36. The molecule has 2 saturated heterocycles. The van der Waals surface area contributed by atoms with Crippen LogP contribution in [0.25, 0.3) is 0 Å². The zero-order chi connectivity index (χ0) is 11.1. The number of rotatable bonds is 3. The minimum Gasteiger partial charge on any atom is -0.373 e. The van der Waals surface area contributed by atoms with Gasteiger partial charge in [0, 0.05) is 21.9 Å². The molecule has 3 atom stereocenters. The highest BCUT2D eigenvalue weighted by molar-refractivity contribution is 9.10. The van der Waals surface area contributed by atoms with Crippen LogP contribution in [-0.2, 0) is 11.3 Å². The van der Waals surface area contributed by atoms with E-state index in [0.717, 1.165) is 15.4 Å². The third-order valence-corrected chi connectivity index (χ3v) is 5.82. The van der Waals surface area contributed by atoms with E-state index < -0.39 is 0 Å². The van der Waals surface area contributed by atoms with Crippen LogP contribution < -0.4 is 5.32 Å². The molecule has 88 valence electrons. The minimum atomic E-state index is 0.448. The molecule has 0 aromatic carbocycles. The SMILES string of the molecule is Clc1sc(CNC2CC3CCC2O3)cc1Br. The Kier molecular flexibility index (Phi) is 3.28. The van der Waals surface area contributed by atoms with Crippen molar-refractivity contribution in [3.63, 3.8) is 0 Å². The van der Waals surface area contributed by atoms with Crippen molar-refractivity contribution in [2.75, 3.05) is 0 Å². The molecule has 3 rings (SSSR count). The maximum absolute atomic E-state index is 6.01. The third-order valence-electron chi connectivity index (χ3n) is 3.34. The van der Waals surface area contributed by atoms with Gasteiger partial charge in [0.15, 0.2) is 0 Å². The largest absolute Gasteiger partial charge is 0.373 e. The summed E-state index contributed by atoms with van der Waals surface area (Å²) < 4.78 is 7.64. The fourth-order valence-electron chi connectivity index (χ4n) is 2.56. The maximum atomic E-state index is 6.01. The number of ether oxygens (including phenoxy) is 1.